The predicted octanol–water partition coefficient (Wildman–Crippen LogP) is 5.07. The Labute approximate surface area is 159 Å². The van der Waals surface area contributed by atoms with Gasteiger partial charge in [0.1, 0.15) is 11.3 Å². The van der Waals surface area contributed by atoms with Crippen molar-refractivity contribution < 1.29 is 9.21 Å². The van der Waals surface area contributed by atoms with Gasteiger partial charge in [0.2, 0.25) is 0 Å². The van der Waals surface area contributed by atoms with Crippen LogP contribution in [0.15, 0.2) is 59.0 Å². The highest BCUT2D eigenvalue weighted by atomic mass is 16.3. The first-order chi connectivity index (χ1) is 13.2. The molecule has 1 saturated carbocycles. The SMILES string of the molecule is C#Cc1ccc(N(Cc2cc3ccccc3o2)C(=O)NC2CCCC2)cc1. The molecule has 2 amide bonds. The zero-order valence-corrected chi connectivity index (χ0v) is 15.2. The molecule has 27 heavy (non-hydrogen) atoms. The lowest BCUT2D eigenvalue weighted by molar-refractivity contribution is 0.242. The van der Waals surface area contributed by atoms with Crippen molar-refractivity contribution in [1.82, 2.24) is 5.32 Å². The third-order valence-corrected chi connectivity index (χ3v) is 5.06. The summed E-state index contributed by atoms with van der Waals surface area (Å²) >= 11 is 0. The van der Waals surface area contributed by atoms with Crippen LogP contribution >= 0.6 is 0 Å². The van der Waals surface area contributed by atoms with E-state index in [1.807, 2.05) is 54.6 Å². The minimum atomic E-state index is -0.101. The van der Waals surface area contributed by atoms with E-state index in [1.165, 1.54) is 12.8 Å². The Hall–Kier alpha value is -3.19. The molecule has 1 fully saturated rings. The second kappa shape index (κ2) is 7.59. The molecule has 0 radical (unpaired) electrons. The number of rotatable bonds is 4. The quantitative estimate of drug-likeness (QED) is 0.662. The van der Waals surface area contributed by atoms with Gasteiger partial charge in [-0.05, 0) is 49.2 Å². The van der Waals surface area contributed by atoms with Gasteiger partial charge in [0.15, 0.2) is 0 Å². The first-order valence-corrected chi connectivity index (χ1v) is 9.35. The molecule has 0 bridgehead atoms. The molecule has 4 rings (SSSR count). The lowest BCUT2D eigenvalue weighted by atomic mass is 10.2. The third kappa shape index (κ3) is 3.83. The van der Waals surface area contributed by atoms with Crippen molar-refractivity contribution in [3.63, 3.8) is 0 Å². The van der Waals surface area contributed by atoms with E-state index in [-0.39, 0.29) is 12.1 Å². The molecule has 1 N–H and O–H groups in total. The van der Waals surface area contributed by atoms with Crippen LogP contribution in [0.3, 0.4) is 0 Å². The Bertz CT molecular complexity index is 943. The number of nitrogens with one attached hydrogen (secondary N) is 1. The number of carbonyl (C=O) groups excluding carboxylic acids is 1. The summed E-state index contributed by atoms with van der Waals surface area (Å²) in [6.45, 7) is 0.364. The smallest absolute Gasteiger partial charge is 0.322 e. The molecular weight excluding hydrogens is 336 g/mol. The van der Waals surface area contributed by atoms with E-state index < -0.39 is 0 Å². The highest BCUT2D eigenvalue weighted by molar-refractivity contribution is 5.92. The van der Waals surface area contributed by atoms with Crippen LogP contribution in [-0.4, -0.2) is 12.1 Å². The van der Waals surface area contributed by atoms with Gasteiger partial charge in [-0.15, -0.1) is 6.42 Å². The molecule has 3 aromatic rings. The number of terminal acetylenes is 1. The van der Waals surface area contributed by atoms with Gasteiger partial charge in [0, 0.05) is 22.7 Å². The van der Waals surface area contributed by atoms with Crippen LogP contribution in [0, 0.1) is 12.3 Å². The van der Waals surface area contributed by atoms with E-state index >= 15 is 0 Å². The summed E-state index contributed by atoms with van der Waals surface area (Å²) in [5.74, 6) is 3.36. The third-order valence-electron chi connectivity index (χ3n) is 5.06. The molecule has 4 nitrogen and oxygen atoms in total. The predicted molar refractivity (Wildman–Crippen MR) is 108 cm³/mol. The Morgan fingerprint density at radius 1 is 1.15 bits per heavy atom. The van der Waals surface area contributed by atoms with Crippen molar-refractivity contribution >= 4 is 22.7 Å². The fourth-order valence-electron chi connectivity index (χ4n) is 3.61. The summed E-state index contributed by atoms with van der Waals surface area (Å²) in [5.41, 5.74) is 2.41. The van der Waals surface area contributed by atoms with Crippen molar-refractivity contribution in [2.45, 2.75) is 38.3 Å². The van der Waals surface area contributed by atoms with Crippen LogP contribution < -0.4 is 10.2 Å². The van der Waals surface area contributed by atoms with Gasteiger partial charge < -0.3 is 9.73 Å². The molecule has 0 atom stereocenters. The maximum absolute atomic E-state index is 13.0. The topological polar surface area (TPSA) is 45.5 Å². The molecule has 0 saturated heterocycles. The molecule has 1 aromatic heterocycles. The average Bonchev–Trinajstić information content (AvgIpc) is 3.35. The lowest BCUT2D eigenvalue weighted by Crippen LogP contribution is -2.43. The second-order valence-electron chi connectivity index (χ2n) is 6.96. The van der Waals surface area contributed by atoms with Crippen LogP contribution in [0.1, 0.15) is 37.0 Å². The van der Waals surface area contributed by atoms with E-state index in [2.05, 4.69) is 11.2 Å². The van der Waals surface area contributed by atoms with Gasteiger partial charge in [0.25, 0.3) is 0 Å². The molecule has 0 aliphatic heterocycles. The number of anilines is 1. The number of hydrogen-bond donors (Lipinski definition) is 1. The van der Waals surface area contributed by atoms with Gasteiger partial charge in [0.05, 0.1) is 6.54 Å². The normalized spacial score (nSPS) is 14.2. The molecule has 136 valence electrons. The highest BCUT2D eigenvalue weighted by Gasteiger charge is 2.23. The molecule has 1 heterocycles. The van der Waals surface area contributed by atoms with Crippen LogP contribution in [0.5, 0.6) is 0 Å². The Balaban J connectivity index is 1.61. The number of urea groups is 1. The van der Waals surface area contributed by atoms with Crippen molar-refractivity contribution in [2.24, 2.45) is 0 Å². The Kier molecular flexibility index (Phi) is 4.84. The number of carbonyl (C=O) groups is 1. The number of furan rings is 1. The van der Waals surface area contributed by atoms with Crippen LogP contribution in [0.25, 0.3) is 11.0 Å². The maximum atomic E-state index is 13.0. The summed E-state index contributed by atoms with van der Waals surface area (Å²) in [6.07, 6.45) is 9.88. The minimum Gasteiger partial charge on any atom is -0.459 e. The summed E-state index contributed by atoms with van der Waals surface area (Å²) in [6, 6.07) is 17.5. The summed E-state index contributed by atoms with van der Waals surface area (Å²) in [4.78, 5) is 14.7. The molecule has 2 aromatic carbocycles. The molecule has 0 unspecified atom stereocenters. The van der Waals surface area contributed by atoms with Crippen molar-refractivity contribution in [3.8, 4) is 12.3 Å². The van der Waals surface area contributed by atoms with Gasteiger partial charge in [-0.2, -0.15) is 0 Å². The monoisotopic (exact) mass is 358 g/mol. The first-order valence-electron chi connectivity index (χ1n) is 9.35. The zero-order valence-electron chi connectivity index (χ0n) is 15.2. The Morgan fingerprint density at radius 2 is 1.89 bits per heavy atom. The molecule has 0 spiro atoms. The number of hydrogen-bond acceptors (Lipinski definition) is 2. The number of nitrogens with zero attached hydrogens (tertiary/aromatic N) is 1. The average molecular weight is 358 g/mol. The van der Waals surface area contributed by atoms with Gasteiger partial charge >= 0.3 is 6.03 Å². The maximum Gasteiger partial charge on any atom is 0.322 e. The molecule has 4 heteroatoms. The number of para-hydroxylation sites is 1. The summed E-state index contributed by atoms with van der Waals surface area (Å²) in [7, 11) is 0. The zero-order chi connectivity index (χ0) is 18.6. The second-order valence-corrected chi connectivity index (χ2v) is 6.96. The largest absolute Gasteiger partial charge is 0.459 e. The molecular formula is C23H22N2O2. The lowest BCUT2D eigenvalue weighted by Gasteiger charge is -2.24. The number of benzene rings is 2. The van der Waals surface area contributed by atoms with Crippen LogP contribution in [0.2, 0.25) is 0 Å². The van der Waals surface area contributed by atoms with Crippen molar-refractivity contribution in [1.29, 1.82) is 0 Å². The standard InChI is InChI=1S/C23H22N2O2/c1-2-17-11-13-20(14-12-17)25(23(26)24-19-8-4-5-9-19)16-21-15-18-7-3-6-10-22(18)27-21/h1,3,6-7,10-15,19H,4-5,8-9,16H2,(H,24,26). The van der Waals surface area contributed by atoms with Gasteiger partial charge in [-0.3, -0.25) is 4.90 Å². The summed E-state index contributed by atoms with van der Waals surface area (Å²) < 4.78 is 5.93. The molecule has 1 aliphatic rings. The highest BCUT2D eigenvalue weighted by Crippen LogP contribution is 2.24. The summed E-state index contributed by atoms with van der Waals surface area (Å²) in [5, 5.41) is 4.20. The van der Waals surface area contributed by atoms with Crippen LogP contribution in [0.4, 0.5) is 10.5 Å². The fourth-order valence-corrected chi connectivity index (χ4v) is 3.61. The molecule has 1 aliphatic carbocycles. The van der Waals surface area contributed by atoms with E-state index in [1.54, 1.807) is 4.90 Å². The number of fused-ring (bicyclic) bond motifs is 1. The van der Waals surface area contributed by atoms with Crippen molar-refractivity contribution in [2.75, 3.05) is 4.90 Å². The number of amides is 2. The first kappa shape index (κ1) is 17.2. The van der Waals surface area contributed by atoms with Gasteiger partial charge in [-0.1, -0.05) is 37.0 Å². The van der Waals surface area contributed by atoms with E-state index in [0.29, 0.717) is 6.54 Å². The fraction of sp³-hybridized carbons (Fsp3) is 0.261. The van der Waals surface area contributed by atoms with E-state index in [9.17, 15) is 4.79 Å². The Morgan fingerprint density at radius 3 is 2.59 bits per heavy atom. The van der Waals surface area contributed by atoms with Crippen molar-refractivity contribution in [3.05, 3.63) is 65.9 Å². The van der Waals surface area contributed by atoms with E-state index in [0.717, 1.165) is 40.8 Å². The van der Waals surface area contributed by atoms with Gasteiger partial charge in [-0.25, -0.2) is 4.79 Å². The minimum absolute atomic E-state index is 0.101. The van der Waals surface area contributed by atoms with Crippen LogP contribution in [-0.2, 0) is 6.54 Å². The van der Waals surface area contributed by atoms with E-state index in [4.69, 9.17) is 10.8 Å².